The molecular formula is C25H27FN4O2S. The van der Waals surface area contributed by atoms with Crippen LogP contribution >= 0.6 is 12.2 Å². The number of thiocarbonyl (C=S) groups is 1. The molecule has 1 aliphatic rings. The number of aromatic nitrogens is 2. The maximum Gasteiger partial charge on any atom is 0.305 e. The number of pyridine rings is 1. The standard InChI is InChI=1S/C25H27FN4O2S/c1-16-14-20(17(2)30(16)19-9-6-8-18(26)15-19)24-23(21-10-4-5-12-27-21)28-25(33)29(24)13-7-11-22(31)32-3/h4-6,8-10,12,14-15,23-24H,7,11,13H2,1-3H3,(H,28,33)/t23-,24-/m0/s1. The minimum Gasteiger partial charge on any atom is -0.469 e. The zero-order valence-electron chi connectivity index (χ0n) is 18.9. The molecule has 0 aliphatic carbocycles. The third-order valence-corrected chi connectivity index (χ3v) is 6.41. The number of halogens is 1. The summed E-state index contributed by atoms with van der Waals surface area (Å²) in [5, 5.41) is 4.06. The second-order valence-electron chi connectivity index (χ2n) is 8.14. The van der Waals surface area contributed by atoms with Gasteiger partial charge in [0.25, 0.3) is 0 Å². The van der Waals surface area contributed by atoms with E-state index in [0.29, 0.717) is 24.5 Å². The summed E-state index contributed by atoms with van der Waals surface area (Å²) in [5.74, 6) is -0.517. The average molecular weight is 467 g/mol. The molecule has 0 amide bonds. The van der Waals surface area contributed by atoms with Crippen molar-refractivity contribution >= 4 is 23.3 Å². The van der Waals surface area contributed by atoms with Crippen molar-refractivity contribution < 1.29 is 13.9 Å². The third-order valence-electron chi connectivity index (χ3n) is 6.06. The number of carbonyl (C=O) groups excluding carboxylic acids is 1. The smallest absolute Gasteiger partial charge is 0.305 e. The fourth-order valence-corrected chi connectivity index (χ4v) is 4.91. The number of methoxy groups -OCH3 is 1. The molecule has 2 aromatic heterocycles. The van der Waals surface area contributed by atoms with E-state index in [-0.39, 0.29) is 23.9 Å². The van der Waals surface area contributed by atoms with Crippen LogP contribution in [0.2, 0.25) is 0 Å². The molecule has 8 heteroatoms. The van der Waals surface area contributed by atoms with Crippen molar-refractivity contribution in [1.29, 1.82) is 0 Å². The van der Waals surface area contributed by atoms with Crippen LogP contribution < -0.4 is 5.32 Å². The molecule has 1 aromatic carbocycles. The first kappa shape index (κ1) is 22.9. The van der Waals surface area contributed by atoms with Crippen LogP contribution in [0.1, 0.15) is 47.6 Å². The van der Waals surface area contributed by atoms with Gasteiger partial charge in [0.15, 0.2) is 5.11 Å². The van der Waals surface area contributed by atoms with Crippen LogP contribution in [0, 0.1) is 19.7 Å². The summed E-state index contributed by atoms with van der Waals surface area (Å²) in [6.07, 6.45) is 2.70. The van der Waals surface area contributed by atoms with Crippen molar-refractivity contribution in [3.63, 3.8) is 0 Å². The van der Waals surface area contributed by atoms with E-state index in [0.717, 1.165) is 28.3 Å². The fourth-order valence-electron chi connectivity index (χ4n) is 4.58. The number of ether oxygens (including phenoxy) is 1. The summed E-state index contributed by atoms with van der Waals surface area (Å²) in [6, 6.07) is 14.3. The van der Waals surface area contributed by atoms with Gasteiger partial charge in [-0.3, -0.25) is 9.78 Å². The quantitative estimate of drug-likeness (QED) is 0.407. The maximum atomic E-state index is 14.0. The minimum absolute atomic E-state index is 0.126. The number of esters is 1. The molecule has 6 nitrogen and oxygen atoms in total. The van der Waals surface area contributed by atoms with E-state index in [1.165, 1.54) is 19.2 Å². The van der Waals surface area contributed by atoms with Crippen LogP contribution in [-0.4, -0.2) is 39.2 Å². The van der Waals surface area contributed by atoms with Crippen LogP contribution in [0.5, 0.6) is 0 Å². The molecule has 0 radical (unpaired) electrons. The summed E-state index contributed by atoms with van der Waals surface area (Å²) < 4.78 is 20.8. The monoisotopic (exact) mass is 466 g/mol. The molecular weight excluding hydrogens is 439 g/mol. The highest BCUT2D eigenvalue weighted by atomic mass is 32.1. The van der Waals surface area contributed by atoms with E-state index >= 15 is 0 Å². The van der Waals surface area contributed by atoms with E-state index in [1.54, 1.807) is 12.3 Å². The molecule has 1 aliphatic heterocycles. The van der Waals surface area contributed by atoms with Gasteiger partial charge < -0.3 is 19.5 Å². The molecule has 3 aromatic rings. The van der Waals surface area contributed by atoms with Crippen molar-refractivity contribution in [3.8, 4) is 5.69 Å². The highest BCUT2D eigenvalue weighted by Crippen LogP contribution is 2.41. The van der Waals surface area contributed by atoms with Crippen LogP contribution in [0.15, 0.2) is 54.7 Å². The van der Waals surface area contributed by atoms with Gasteiger partial charge in [-0.2, -0.15) is 0 Å². The lowest BCUT2D eigenvalue weighted by Gasteiger charge is -2.28. The Kier molecular flexibility index (Phi) is 6.74. The predicted octanol–water partition coefficient (Wildman–Crippen LogP) is 4.55. The topological polar surface area (TPSA) is 59.4 Å². The minimum atomic E-state index is -0.277. The van der Waals surface area contributed by atoms with E-state index < -0.39 is 0 Å². The maximum absolute atomic E-state index is 14.0. The predicted molar refractivity (Wildman–Crippen MR) is 129 cm³/mol. The number of hydrogen-bond donors (Lipinski definition) is 1. The molecule has 172 valence electrons. The Balaban J connectivity index is 1.75. The van der Waals surface area contributed by atoms with Gasteiger partial charge in [0.05, 0.1) is 24.9 Å². The summed E-state index contributed by atoms with van der Waals surface area (Å²) in [7, 11) is 1.39. The van der Waals surface area contributed by atoms with Gasteiger partial charge in [-0.05, 0) is 74.4 Å². The zero-order chi connectivity index (χ0) is 23.5. The molecule has 0 spiro atoms. The van der Waals surface area contributed by atoms with Crippen molar-refractivity contribution in [2.24, 2.45) is 0 Å². The average Bonchev–Trinajstić information content (AvgIpc) is 3.29. The number of nitrogens with one attached hydrogen (secondary N) is 1. The summed E-state index contributed by atoms with van der Waals surface area (Å²) >= 11 is 5.71. The largest absolute Gasteiger partial charge is 0.469 e. The van der Waals surface area contributed by atoms with Gasteiger partial charge >= 0.3 is 5.97 Å². The van der Waals surface area contributed by atoms with Crippen molar-refractivity contribution in [3.05, 3.63) is 83.2 Å². The number of rotatable bonds is 7. The van der Waals surface area contributed by atoms with Crippen molar-refractivity contribution in [2.75, 3.05) is 13.7 Å². The van der Waals surface area contributed by atoms with Gasteiger partial charge in [0, 0.05) is 36.2 Å². The first-order valence-corrected chi connectivity index (χ1v) is 11.3. The van der Waals surface area contributed by atoms with Gasteiger partial charge in [-0.15, -0.1) is 0 Å². The first-order chi connectivity index (χ1) is 15.9. The Morgan fingerprint density at radius 2 is 2.03 bits per heavy atom. The van der Waals surface area contributed by atoms with E-state index in [2.05, 4.69) is 25.8 Å². The molecule has 0 bridgehead atoms. The molecule has 3 heterocycles. The first-order valence-electron chi connectivity index (χ1n) is 10.9. The van der Waals surface area contributed by atoms with Crippen LogP contribution in [0.25, 0.3) is 5.69 Å². The Bertz CT molecular complexity index is 1160. The number of benzene rings is 1. The highest BCUT2D eigenvalue weighted by Gasteiger charge is 2.41. The number of carbonyl (C=O) groups is 1. The molecule has 0 unspecified atom stereocenters. The second kappa shape index (κ2) is 9.70. The molecule has 1 saturated heterocycles. The Labute approximate surface area is 198 Å². The lowest BCUT2D eigenvalue weighted by atomic mass is 9.96. The Morgan fingerprint density at radius 3 is 2.73 bits per heavy atom. The molecule has 0 saturated carbocycles. The highest BCUT2D eigenvalue weighted by molar-refractivity contribution is 7.80. The Hall–Kier alpha value is -3.26. The lowest BCUT2D eigenvalue weighted by Crippen LogP contribution is -2.31. The summed E-state index contributed by atoms with van der Waals surface area (Å²) in [5.41, 5.74) is 4.75. The summed E-state index contributed by atoms with van der Waals surface area (Å²) in [6.45, 7) is 4.65. The third kappa shape index (κ3) is 4.61. The molecule has 33 heavy (non-hydrogen) atoms. The number of hydrogen-bond acceptors (Lipinski definition) is 4. The second-order valence-corrected chi connectivity index (χ2v) is 8.53. The van der Waals surface area contributed by atoms with Crippen LogP contribution in [0.3, 0.4) is 0 Å². The van der Waals surface area contributed by atoms with Gasteiger partial charge in [0.1, 0.15) is 5.82 Å². The van der Waals surface area contributed by atoms with Gasteiger partial charge in [-0.25, -0.2) is 4.39 Å². The number of aryl methyl sites for hydroxylation is 1. The van der Waals surface area contributed by atoms with E-state index in [4.69, 9.17) is 17.0 Å². The van der Waals surface area contributed by atoms with Crippen LogP contribution in [0.4, 0.5) is 4.39 Å². The molecule has 4 rings (SSSR count). The lowest BCUT2D eigenvalue weighted by molar-refractivity contribution is -0.140. The van der Waals surface area contributed by atoms with Crippen molar-refractivity contribution in [2.45, 2.75) is 38.8 Å². The molecule has 2 atom stereocenters. The van der Waals surface area contributed by atoms with E-state index in [9.17, 15) is 9.18 Å². The zero-order valence-corrected chi connectivity index (χ0v) is 19.7. The van der Waals surface area contributed by atoms with Gasteiger partial charge in [-0.1, -0.05) is 12.1 Å². The van der Waals surface area contributed by atoms with Gasteiger partial charge in [0.2, 0.25) is 0 Å². The van der Waals surface area contributed by atoms with Crippen LogP contribution in [-0.2, 0) is 9.53 Å². The molecule has 1 fully saturated rings. The molecule has 1 N–H and O–H groups in total. The normalized spacial score (nSPS) is 17.8. The number of nitrogens with zero attached hydrogens (tertiary/aromatic N) is 3. The van der Waals surface area contributed by atoms with Crippen molar-refractivity contribution in [1.82, 2.24) is 19.8 Å². The SMILES string of the molecule is COC(=O)CCCN1C(=S)N[C@@H](c2ccccn2)[C@@H]1c1cc(C)n(-c2cccc(F)c2)c1C. The Morgan fingerprint density at radius 1 is 1.21 bits per heavy atom. The van der Waals surface area contributed by atoms with E-state index in [1.807, 2.05) is 38.1 Å². The summed E-state index contributed by atoms with van der Waals surface area (Å²) in [4.78, 5) is 18.4. The fraction of sp³-hybridized carbons (Fsp3) is 0.320.